The summed E-state index contributed by atoms with van der Waals surface area (Å²) in [5.74, 6) is 0.466. The van der Waals surface area contributed by atoms with E-state index in [9.17, 15) is 9.59 Å². The maximum Gasteiger partial charge on any atom is 0.224 e. The van der Waals surface area contributed by atoms with Gasteiger partial charge < -0.3 is 15.0 Å². The molecule has 0 bridgehead atoms. The lowest BCUT2D eigenvalue weighted by molar-refractivity contribution is -0.121. The standard InChI is InChI=1S/C20H24N2O3/c1-15-8-10-17(11-9-15)14-20(24)21-12-13-22(16(2)23)18-6-4-5-7-19(18)25-3/h4-11H,12-14H2,1-3H3,(H,21,24). The SMILES string of the molecule is COc1ccccc1N(CCNC(=O)Cc1ccc(C)cc1)C(C)=O. The van der Waals surface area contributed by atoms with E-state index in [-0.39, 0.29) is 11.8 Å². The molecule has 0 aromatic heterocycles. The van der Waals surface area contributed by atoms with Crippen molar-refractivity contribution in [1.82, 2.24) is 5.32 Å². The molecule has 2 rings (SSSR count). The van der Waals surface area contributed by atoms with E-state index in [1.54, 1.807) is 18.1 Å². The Kier molecular flexibility index (Phi) is 6.57. The number of carbonyl (C=O) groups excluding carboxylic acids is 2. The minimum Gasteiger partial charge on any atom is -0.495 e. The quantitative estimate of drug-likeness (QED) is 0.843. The molecule has 0 atom stereocenters. The van der Waals surface area contributed by atoms with Gasteiger partial charge in [-0.3, -0.25) is 9.59 Å². The molecule has 0 radical (unpaired) electrons. The van der Waals surface area contributed by atoms with Gasteiger partial charge in [-0.05, 0) is 24.6 Å². The number of ether oxygens (including phenoxy) is 1. The molecule has 2 amide bonds. The molecule has 0 aliphatic rings. The van der Waals surface area contributed by atoms with Gasteiger partial charge in [0.1, 0.15) is 5.75 Å². The number of aryl methyl sites for hydroxylation is 1. The molecule has 0 heterocycles. The van der Waals surface area contributed by atoms with Crippen LogP contribution in [0, 0.1) is 6.92 Å². The van der Waals surface area contributed by atoms with Crippen LogP contribution < -0.4 is 15.0 Å². The van der Waals surface area contributed by atoms with E-state index in [0.717, 1.165) is 11.1 Å². The lowest BCUT2D eigenvalue weighted by atomic mass is 10.1. The van der Waals surface area contributed by atoms with Gasteiger partial charge in [-0.25, -0.2) is 0 Å². The van der Waals surface area contributed by atoms with Gasteiger partial charge in [0.15, 0.2) is 0 Å². The third-order valence-electron chi connectivity index (χ3n) is 3.90. The number of methoxy groups -OCH3 is 1. The smallest absolute Gasteiger partial charge is 0.224 e. The third-order valence-corrected chi connectivity index (χ3v) is 3.90. The van der Waals surface area contributed by atoms with Crippen LogP contribution in [0.25, 0.3) is 0 Å². The number of rotatable bonds is 7. The van der Waals surface area contributed by atoms with Gasteiger partial charge in [0, 0.05) is 20.0 Å². The number of benzene rings is 2. The zero-order valence-electron chi connectivity index (χ0n) is 14.9. The van der Waals surface area contributed by atoms with Crippen LogP contribution in [-0.4, -0.2) is 32.0 Å². The Labute approximate surface area is 148 Å². The summed E-state index contributed by atoms with van der Waals surface area (Å²) in [5, 5.41) is 2.86. The summed E-state index contributed by atoms with van der Waals surface area (Å²) in [5.41, 5.74) is 2.83. The molecule has 0 fully saturated rings. The lowest BCUT2D eigenvalue weighted by Crippen LogP contribution is -2.38. The average molecular weight is 340 g/mol. The second kappa shape index (κ2) is 8.87. The third kappa shape index (κ3) is 5.35. The number of hydrogen-bond donors (Lipinski definition) is 1. The van der Waals surface area contributed by atoms with E-state index < -0.39 is 0 Å². The molecule has 0 spiro atoms. The number of hydrogen-bond acceptors (Lipinski definition) is 3. The Morgan fingerprint density at radius 2 is 1.76 bits per heavy atom. The molecular formula is C20H24N2O3. The van der Waals surface area contributed by atoms with Crippen LogP contribution in [0.5, 0.6) is 5.75 Å². The van der Waals surface area contributed by atoms with Gasteiger partial charge in [0.05, 0.1) is 19.2 Å². The summed E-state index contributed by atoms with van der Waals surface area (Å²) >= 11 is 0. The predicted molar refractivity (Wildman–Crippen MR) is 98.9 cm³/mol. The van der Waals surface area contributed by atoms with Crippen molar-refractivity contribution in [3.63, 3.8) is 0 Å². The van der Waals surface area contributed by atoms with Gasteiger partial charge in [-0.2, -0.15) is 0 Å². The first-order valence-corrected chi connectivity index (χ1v) is 8.24. The fraction of sp³-hybridized carbons (Fsp3) is 0.300. The Balaban J connectivity index is 1.92. The summed E-state index contributed by atoms with van der Waals surface area (Å²) in [6, 6.07) is 15.2. The molecule has 1 N–H and O–H groups in total. The first-order chi connectivity index (χ1) is 12.0. The molecule has 2 aromatic rings. The van der Waals surface area contributed by atoms with Crippen molar-refractivity contribution < 1.29 is 14.3 Å². The zero-order chi connectivity index (χ0) is 18.2. The summed E-state index contributed by atoms with van der Waals surface area (Å²) in [4.78, 5) is 25.6. The second-order valence-electron chi connectivity index (χ2n) is 5.85. The molecular weight excluding hydrogens is 316 g/mol. The molecule has 0 aliphatic carbocycles. The maximum absolute atomic E-state index is 12.1. The number of carbonyl (C=O) groups is 2. The maximum atomic E-state index is 12.1. The van der Waals surface area contributed by atoms with Crippen molar-refractivity contribution >= 4 is 17.5 Å². The van der Waals surface area contributed by atoms with Crippen LogP contribution in [0.2, 0.25) is 0 Å². The Bertz CT molecular complexity index is 726. The van der Waals surface area contributed by atoms with Crippen LogP contribution in [0.15, 0.2) is 48.5 Å². The summed E-state index contributed by atoms with van der Waals surface area (Å²) in [6.07, 6.45) is 0.328. The summed E-state index contributed by atoms with van der Waals surface area (Å²) in [7, 11) is 1.57. The Morgan fingerprint density at radius 3 is 2.40 bits per heavy atom. The fourth-order valence-electron chi connectivity index (χ4n) is 2.56. The van der Waals surface area contributed by atoms with E-state index in [0.29, 0.717) is 30.9 Å². The average Bonchev–Trinajstić information content (AvgIpc) is 2.60. The highest BCUT2D eigenvalue weighted by Crippen LogP contribution is 2.27. The molecule has 0 saturated carbocycles. The van der Waals surface area contributed by atoms with Crippen molar-refractivity contribution in [3.05, 3.63) is 59.7 Å². The van der Waals surface area contributed by atoms with E-state index in [4.69, 9.17) is 4.74 Å². The van der Waals surface area contributed by atoms with Crippen LogP contribution in [0.3, 0.4) is 0 Å². The van der Waals surface area contributed by atoms with E-state index in [1.165, 1.54) is 6.92 Å². The largest absolute Gasteiger partial charge is 0.495 e. The van der Waals surface area contributed by atoms with Gasteiger partial charge in [0.2, 0.25) is 11.8 Å². The Morgan fingerprint density at radius 1 is 1.08 bits per heavy atom. The molecule has 25 heavy (non-hydrogen) atoms. The first kappa shape index (κ1) is 18.5. The lowest BCUT2D eigenvalue weighted by Gasteiger charge is -2.23. The highest BCUT2D eigenvalue weighted by Gasteiger charge is 2.15. The molecule has 0 unspecified atom stereocenters. The minimum atomic E-state index is -0.0997. The zero-order valence-corrected chi connectivity index (χ0v) is 14.9. The molecule has 0 saturated heterocycles. The van der Waals surface area contributed by atoms with Crippen molar-refractivity contribution in [2.75, 3.05) is 25.1 Å². The normalized spacial score (nSPS) is 10.2. The molecule has 2 aromatic carbocycles. The van der Waals surface area contributed by atoms with E-state index in [1.807, 2.05) is 49.4 Å². The van der Waals surface area contributed by atoms with Crippen molar-refractivity contribution in [1.29, 1.82) is 0 Å². The highest BCUT2D eigenvalue weighted by atomic mass is 16.5. The number of para-hydroxylation sites is 2. The molecule has 0 aliphatic heterocycles. The summed E-state index contributed by atoms with van der Waals surface area (Å²) < 4.78 is 5.31. The first-order valence-electron chi connectivity index (χ1n) is 8.24. The van der Waals surface area contributed by atoms with E-state index in [2.05, 4.69) is 5.32 Å². The molecule has 132 valence electrons. The van der Waals surface area contributed by atoms with Crippen LogP contribution >= 0.6 is 0 Å². The predicted octanol–water partition coefficient (Wildman–Crippen LogP) is 2.72. The van der Waals surface area contributed by atoms with Gasteiger partial charge in [-0.1, -0.05) is 42.0 Å². The number of nitrogens with zero attached hydrogens (tertiary/aromatic N) is 1. The number of nitrogens with one attached hydrogen (secondary N) is 1. The van der Waals surface area contributed by atoms with Gasteiger partial charge in [0.25, 0.3) is 0 Å². The van der Waals surface area contributed by atoms with Crippen LogP contribution in [0.1, 0.15) is 18.1 Å². The van der Waals surface area contributed by atoms with Gasteiger partial charge >= 0.3 is 0 Å². The number of amides is 2. The molecule has 5 nitrogen and oxygen atoms in total. The monoisotopic (exact) mass is 340 g/mol. The van der Waals surface area contributed by atoms with E-state index >= 15 is 0 Å². The van der Waals surface area contributed by atoms with Gasteiger partial charge in [-0.15, -0.1) is 0 Å². The van der Waals surface area contributed by atoms with Crippen LogP contribution in [0.4, 0.5) is 5.69 Å². The van der Waals surface area contributed by atoms with Crippen molar-refractivity contribution in [2.24, 2.45) is 0 Å². The summed E-state index contributed by atoms with van der Waals surface area (Å²) in [6.45, 7) is 4.27. The fourth-order valence-corrected chi connectivity index (χ4v) is 2.56. The Hall–Kier alpha value is -2.82. The second-order valence-corrected chi connectivity index (χ2v) is 5.85. The van der Waals surface area contributed by atoms with Crippen molar-refractivity contribution in [3.8, 4) is 5.75 Å². The topological polar surface area (TPSA) is 58.6 Å². The number of anilines is 1. The van der Waals surface area contributed by atoms with Crippen molar-refractivity contribution in [2.45, 2.75) is 20.3 Å². The minimum absolute atomic E-state index is 0.0626. The highest BCUT2D eigenvalue weighted by molar-refractivity contribution is 5.93. The molecule has 5 heteroatoms. The van der Waals surface area contributed by atoms with Crippen LogP contribution in [-0.2, 0) is 16.0 Å².